The number of nitrogens with zero attached hydrogens (tertiary/aromatic N) is 1. The molecule has 1 unspecified atom stereocenters. The van der Waals surface area contributed by atoms with Gasteiger partial charge in [0.1, 0.15) is 11.8 Å². The molecule has 2 amide bonds. The van der Waals surface area contributed by atoms with E-state index in [1.807, 2.05) is 6.07 Å². The molecule has 1 aromatic heterocycles. The van der Waals surface area contributed by atoms with Crippen molar-refractivity contribution in [2.24, 2.45) is 0 Å². The SMILES string of the molecule is [NH]C(=O)N1CCNCC1c1ccco1. The molecule has 0 aliphatic carbocycles. The summed E-state index contributed by atoms with van der Waals surface area (Å²) in [4.78, 5) is 12.5. The highest BCUT2D eigenvalue weighted by Crippen LogP contribution is 2.22. The number of nitrogens with one attached hydrogen (secondary N) is 2. The number of hydrogen-bond acceptors (Lipinski definition) is 3. The lowest BCUT2D eigenvalue weighted by atomic mass is 10.1. The fourth-order valence-corrected chi connectivity index (χ4v) is 1.68. The van der Waals surface area contributed by atoms with E-state index in [4.69, 9.17) is 10.2 Å². The lowest BCUT2D eigenvalue weighted by Crippen LogP contribution is -2.48. The molecule has 0 saturated carbocycles. The van der Waals surface area contributed by atoms with Crippen LogP contribution in [0.3, 0.4) is 0 Å². The van der Waals surface area contributed by atoms with Crippen molar-refractivity contribution in [2.75, 3.05) is 19.6 Å². The first-order valence-electron chi connectivity index (χ1n) is 4.55. The zero-order valence-electron chi connectivity index (χ0n) is 7.69. The van der Waals surface area contributed by atoms with Gasteiger partial charge in [-0.1, -0.05) is 0 Å². The van der Waals surface area contributed by atoms with E-state index in [-0.39, 0.29) is 6.04 Å². The minimum Gasteiger partial charge on any atom is -0.467 e. The third-order valence-electron chi connectivity index (χ3n) is 2.38. The zero-order valence-corrected chi connectivity index (χ0v) is 7.69. The van der Waals surface area contributed by atoms with Crippen molar-refractivity contribution >= 4 is 6.03 Å². The van der Waals surface area contributed by atoms with E-state index in [0.29, 0.717) is 13.1 Å². The molecule has 1 aliphatic rings. The molecule has 1 aromatic rings. The molecule has 5 heteroatoms. The highest BCUT2D eigenvalue weighted by molar-refractivity contribution is 5.71. The van der Waals surface area contributed by atoms with Crippen molar-refractivity contribution in [2.45, 2.75) is 6.04 Å². The molecule has 14 heavy (non-hydrogen) atoms. The number of carbonyl (C=O) groups is 1. The number of rotatable bonds is 1. The number of urea groups is 1. The Morgan fingerprint density at radius 1 is 1.71 bits per heavy atom. The Bertz CT molecular complexity index is 310. The zero-order chi connectivity index (χ0) is 9.97. The number of carbonyl (C=O) groups excluding carboxylic acids is 1. The number of amides is 2. The van der Waals surface area contributed by atoms with Crippen LogP contribution in [-0.2, 0) is 0 Å². The summed E-state index contributed by atoms with van der Waals surface area (Å²) >= 11 is 0. The molecule has 2 heterocycles. The van der Waals surface area contributed by atoms with Crippen LogP contribution in [0, 0.1) is 0 Å². The summed E-state index contributed by atoms with van der Waals surface area (Å²) < 4.78 is 5.24. The van der Waals surface area contributed by atoms with Gasteiger partial charge in [0, 0.05) is 19.6 Å². The molecular formula is C9H12N3O2. The van der Waals surface area contributed by atoms with Crippen molar-refractivity contribution in [3.8, 4) is 0 Å². The van der Waals surface area contributed by atoms with E-state index in [2.05, 4.69) is 5.32 Å². The molecule has 1 aliphatic heterocycles. The van der Waals surface area contributed by atoms with Crippen LogP contribution in [0.1, 0.15) is 11.8 Å². The standard InChI is InChI=1S/C9H12N3O2/c10-9(13)12-4-3-11-6-7(12)8-2-1-5-14-8/h1-2,5,7,10-11H,3-4,6H2. The van der Waals surface area contributed by atoms with Crippen molar-refractivity contribution < 1.29 is 9.21 Å². The second-order valence-electron chi connectivity index (χ2n) is 3.23. The molecule has 0 aromatic carbocycles. The quantitative estimate of drug-likeness (QED) is 0.712. The summed E-state index contributed by atoms with van der Waals surface area (Å²) in [6.45, 7) is 1.95. The average molecular weight is 194 g/mol. The molecule has 2 N–H and O–H groups in total. The largest absolute Gasteiger partial charge is 0.467 e. The Labute approximate surface area is 81.9 Å². The lowest BCUT2D eigenvalue weighted by molar-refractivity contribution is 0.154. The van der Waals surface area contributed by atoms with Crippen LogP contribution in [0.5, 0.6) is 0 Å². The van der Waals surface area contributed by atoms with Crippen molar-refractivity contribution in [1.29, 1.82) is 0 Å². The van der Waals surface area contributed by atoms with Gasteiger partial charge in [-0.2, -0.15) is 0 Å². The minimum absolute atomic E-state index is 0.135. The highest BCUT2D eigenvalue weighted by Gasteiger charge is 2.28. The van der Waals surface area contributed by atoms with Gasteiger partial charge in [0.25, 0.3) is 0 Å². The smallest absolute Gasteiger partial charge is 0.336 e. The molecule has 75 valence electrons. The van der Waals surface area contributed by atoms with Crippen LogP contribution in [0.2, 0.25) is 0 Å². The van der Waals surface area contributed by atoms with Gasteiger partial charge >= 0.3 is 6.03 Å². The molecule has 1 radical (unpaired) electrons. The second kappa shape index (κ2) is 3.71. The summed E-state index contributed by atoms with van der Waals surface area (Å²) in [5.41, 5.74) is 7.12. The van der Waals surface area contributed by atoms with Gasteiger partial charge in [0.2, 0.25) is 0 Å². The van der Waals surface area contributed by atoms with Crippen LogP contribution >= 0.6 is 0 Å². The molecular weight excluding hydrogens is 182 g/mol. The predicted octanol–water partition coefficient (Wildman–Crippen LogP) is 0.629. The summed E-state index contributed by atoms with van der Waals surface area (Å²) in [6, 6.07) is 2.83. The molecule has 0 spiro atoms. The topological polar surface area (TPSA) is 69.3 Å². The summed E-state index contributed by atoms with van der Waals surface area (Å²) in [6.07, 6.45) is 1.58. The first-order valence-corrected chi connectivity index (χ1v) is 4.55. The highest BCUT2D eigenvalue weighted by atomic mass is 16.3. The van der Waals surface area contributed by atoms with Gasteiger partial charge in [-0.15, -0.1) is 0 Å². The monoisotopic (exact) mass is 194 g/mol. The number of furan rings is 1. The van der Waals surface area contributed by atoms with Gasteiger partial charge in [-0.25, -0.2) is 10.5 Å². The minimum atomic E-state index is -0.645. The molecule has 1 fully saturated rings. The maximum atomic E-state index is 11.0. The van der Waals surface area contributed by atoms with Crippen molar-refractivity contribution in [3.63, 3.8) is 0 Å². The van der Waals surface area contributed by atoms with E-state index >= 15 is 0 Å². The first kappa shape index (κ1) is 9.08. The average Bonchev–Trinajstić information content (AvgIpc) is 2.70. The van der Waals surface area contributed by atoms with Crippen LogP contribution in [0.15, 0.2) is 22.8 Å². The second-order valence-corrected chi connectivity index (χ2v) is 3.23. The maximum absolute atomic E-state index is 11.0. The Morgan fingerprint density at radius 3 is 3.21 bits per heavy atom. The molecule has 2 rings (SSSR count). The van der Waals surface area contributed by atoms with Crippen LogP contribution in [0.25, 0.3) is 0 Å². The normalized spacial score (nSPS) is 22.3. The van der Waals surface area contributed by atoms with E-state index in [9.17, 15) is 4.79 Å². The predicted molar refractivity (Wildman–Crippen MR) is 49.5 cm³/mol. The van der Waals surface area contributed by atoms with Gasteiger partial charge in [-0.05, 0) is 12.1 Å². The van der Waals surface area contributed by atoms with Crippen molar-refractivity contribution in [3.05, 3.63) is 24.2 Å². The van der Waals surface area contributed by atoms with E-state index in [1.54, 1.807) is 12.3 Å². The van der Waals surface area contributed by atoms with Gasteiger partial charge < -0.3 is 14.6 Å². The van der Waals surface area contributed by atoms with Crippen LogP contribution in [0.4, 0.5) is 4.79 Å². The Balaban J connectivity index is 2.18. The van der Waals surface area contributed by atoms with E-state index in [1.165, 1.54) is 4.90 Å². The third kappa shape index (κ3) is 1.58. The van der Waals surface area contributed by atoms with E-state index in [0.717, 1.165) is 12.3 Å². The number of piperazine rings is 1. The Kier molecular flexibility index (Phi) is 2.41. The molecule has 5 nitrogen and oxygen atoms in total. The Morgan fingerprint density at radius 2 is 2.57 bits per heavy atom. The van der Waals surface area contributed by atoms with Gasteiger partial charge in [-0.3, -0.25) is 0 Å². The maximum Gasteiger partial charge on any atom is 0.336 e. The van der Waals surface area contributed by atoms with Crippen LogP contribution < -0.4 is 11.1 Å². The fraction of sp³-hybridized carbons (Fsp3) is 0.444. The summed E-state index contributed by atoms with van der Waals surface area (Å²) in [5.74, 6) is 0.734. The molecule has 1 saturated heterocycles. The molecule has 0 bridgehead atoms. The number of hydrogen-bond donors (Lipinski definition) is 1. The summed E-state index contributed by atoms with van der Waals surface area (Å²) in [7, 11) is 0. The summed E-state index contributed by atoms with van der Waals surface area (Å²) in [5, 5.41) is 3.17. The third-order valence-corrected chi connectivity index (χ3v) is 2.38. The van der Waals surface area contributed by atoms with Gasteiger partial charge in [0.05, 0.1) is 6.26 Å². The fourth-order valence-electron chi connectivity index (χ4n) is 1.68. The van der Waals surface area contributed by atoms with Crippen molar-refractivity contribution in [1.82, 2.24) is 16.0 Å². The van der Waals surface area contributed by atoms with Gasteiger partial charge in [0.15, 0.2) is 0 Å². The molecule has 1 atom stereocenters. The lowest BCUT2D eigenvalue weighted by Gasteiger charge is -2.33. The first-order chi connectivity index (χ1) is 6.79. The Hall–Kier alpha value is -1.49. The van der Waals surface area contributed by atoms with E-state index < -0.39 is 6.03 Å². The van der Waals surface area contributed by atoms with Crippen LogP contribution in [-0.4, -0.2) is 30.6 Å².